The summed E-state index contributed by atoms with van der Waals surface area (Å²) >= 11 is 0. The number of likely N-dealkylation sites (tertiary alicyclic amines) is 1. The fourth-order valence-electron chi connectivity index (χ4n) is 3.81. The molecule has 162 valence electrons. The first kappa shape index (κ1) is 19.9. The van der Waals surface area contributed by atoms with Gasteiger partial charge in [-0.3, -0.25) is 4.79 Å². The van der Waals surface area contributed by atoms with E-state index in [9.17, 15) is 4.79 Å². The van der Waals surface area contributed by atoms with Crippen LogP contribution in [-0.2, 0) is 0 Å². The SMILES string of the molecule is CN(C)c1ccc(C(=O)N2CC[C@H](n3cc(-c4nc(-c5ccccc5)no4)nn3)C2)cc1. The molecule has 0 bridgehead atoms. The second-order valence-electron chi connectivity index (χ2n) is 8.01. The molecule has 5 rings (SSSR count). The molecule has 0 unspecified atom stereocenters. The molecule has 1 amide bonds. The van der Waals surface area contributed by atoms with Crippen molar-refractivity contribution in [2.75, 3.05) is 32.1 Å². The first-order valence-corrected chi connectivity index (χ1v) is 10.5. The number of anilines is 1. The molecule has 32 heavy (non-hydrogen) atoms. The van der Waals surface area contributed by atoms with E-state index in [1.807, 2.05) is 78.5 Å². The monoisotopic (exact) mass is 429 g/mol. The smallest absolute Gasteiger partial charge is 0.280 e. The van der Waals surface area contributed by atoms with Crippen LogP contribution in [0.4, 0.5) is 5.69 Å². The van der Waals surface area contributed by atoms with Gasteiger partial charge in [0.05, 0.1) is 12.2 Å². The fraction of sp³-hybridized carbons (Fsp3) is 0.261. The molecular weight excluding hydrogens is 406 g/mol. The second kappa shape index (κ2) is 8.26. The molecule has 0 N–H and O–H groups in total. The molecule has 9 nitrogen and oxygen atoms in total. The number of rotatable bonds is 5. The summed E-state index contributed by atoms with van der Waals surface area (Å²) < 4.78 is 7.16. The number of aromatic nitrogens is 5. The Hall–Kier alpha value is -4.01. The van der Waals surface area contributed by atoms with Gasteiger partial charge in [0.25, 0.3) is 11.8 Å². The van der Waals surface area contributed by atoms with E-state index in [1.54, 1.807) is 10.9 Å². The Morgan fingerprint density at radius 1 is 1.09 bits per heavy atom. The molecule has 1 aliphatic rings. The molecule has 0 radical (unpaired) electrons. The van der Waals surface area contributed by atoms with Gasteiger partial charge in [0.2, 0.25) is 5.82 Å². The first-order chi connectivity index (χ1) is 15.6. The highest BCUT2D eigenvalue weighted by Gasteiger charge is 2.29. The summed E-state index contributed by atoms with van der Waals surface area (Å²) in [5.41, 5.74) is 3.14. The number of benzene rings is 2. The Morgan fingerprint density at radius 3 is 2.62 bits per heavy atom. The Labute approximate surface area is 185 Å². The lowest BCUT2D eigenvalue weighted by atomic mass is 10.2. The fourth-order valence-corrected chi connectivity index (χ4v) is 3.81. The first-order valence-electron chi connectivity index (χ1n) is 10.5. The predicted octanol–water partition coefficient (Wildman–Crippen LogP) is 3.15. The third-order valence-corrected chi connectivity index (χ3v) is 5.64. The highest BCUT2D eigenvalue weighted by Crippen LogP contribution is 2.26. The van der Waals surface area contributed by atoms with E-state index in [2.05, 4.69) is 20.5 Å². The van der Waals surface area contributed by atoms with Crippen LogP contribution in [0.1, 0.15) is 22.8 Å². The van der Waals surface area contributed by atoms with Crippen LogP contribution in [0.15, 0.2) is 65.3 Å². The Bertz CT molecular complexity index is 1210. The number of hydrogen-bond acceptors (Lipinski definition) is 7. The van der Waals surface area contributed by atoms with Gasteiger partial charge in [0.15, 0.2) is 5.69 Å². The molecule has 1 atom stereocenters. The van der Waals surface area contributed by atoms with Gasteiger partial charge in [-0.05, 0) is 30.7 Å². The van der Waals surface area contributed by atoms with Gasteiger partial charge < -0.3 is 14.3 Å². The van der Waals surface area contributed by atoms with Crippen molar-refractivity contribution in [3.8, 4) is 23.0 Å². The number of hydrogen-bond donors (Lipinski definition) is 0. The molecule has 1 saturated heterocycles. The maximum absolute atomic E-state index is 12.9. The summed E-state index contributed by atoms with van der Waals surface area (Å²) in [6, 6.07) is 17.3. The lowest BCUT2D eigenvalue weighted by molar-refractivity contribution is 0.0787. The highest BCUT2D eigenvalue weighted by atomic mass is 16.5. The minimum atomic E-state index is 0.0301. The third kappa shape index (κ3) is 3.84. The van der Waals surface area contributed by atoms with Gasteiger partial charge in [-0.1, -0.05) is 40.7 Å². The second-order valence-corrected chi connectivity index (χ2v) is 8.01. The lowest BCUT2D eigenvalue weighted by Gasteiger charge is -2.17. The Morgan fingerprint density at radius 2 is 1.88 bits per heavy atom. The van der Waals surface area contributed by atoms with Gasteiger partial charge in [0, 0.05) is 44.0 Å². The lowest BCUT2D eigenvalue weighted by Crippen LogP contribution is -2.29. The number of nitrogens with zero attached hydrogens (tertiary/aromatic N) is 7. The summed E-state index contributed by atoms with van der Waals surface area (Å²) in [5, 5.41) is 12.5. The van der Waals surface area contributed by atoms with Crippen LogP contribution in [0.5, 0.6) is 0 Å². The summed E-state index contributed by atoms with van der Waals surface area (Å²) in [4.78, 5) is 21.2. The van der Waals surface area contributed by atoms with Crippen LogP contribution < -0.4 is 4.90 Å². The summed E-state index contributed by atoms with van der Waals surface area (Å²) in [6.45, 7) is 1.25. The van der Waals surface area contributed by atoms with E-state index < -0.39 is 0 Å². The Kier molecular flexibility index (Phi) is 5.14. The Balaban J connectivity index is 1.26. The van der Waals surface area contributed by atoms with Gasteiger partial charge in [0.1, 0.15) is 0 Å². The van der Waals surface area contributed by atoms with Gasteiger partial charge in [-0.25, -0.2) is 4.68 Å². The summed E-state index contributed by atoms with van der Waals surface area (Å²) in [7, 11) is 3.95. The van der Waals surface area contributed by atoms with E-state index in [1.165, 1.54) is 0 Å². The van der Waals surface area contributed by atoms with Crippen molar-refractivity contribution in [3.63, 3.8) is 0 Å². The minimum absolute atomic E-state index is 0.0301. The zero-order valence-electron chi connectivity index (χ0n) is 17.9. The molecule has 4 aromatic rings. The van der Waals surface area contributed by atoms with Crippen molar-refractivity contribution in [2.45, 2.75) is 12.5 Å². The van der Waals surface area contributed by atoms with Crippen molar-refractivity contribution in [3.05, 3.63) is 66.4 Å². The summed E-state index contributed by atoms with van der Waals surface area (Å²) in [5.74, 6) is 0.859. The average Bonchev–Trinajstić information content (AvgIpc) is 3.59. The molecule has 2 aromatic carbocycles. The van der Waals surface area contributed by atoms with Crippen LogP contribution in [0.2, 0.25) is 0 Å². The molecule has 1 fully saturated rings. The number of carbonyl (C=O) groups excluding carboxylic acids is 1. The van der Waals surface area contributed by atoms with E-state index in [-0.39, 0.29) is 11.9 Å². The van der Waals surface area contributed by atoms with Crippen molar-refractivity contribution in [1.29, 1.82) is 0 Å². The van der Waals surface area contributed by atoms with E-state index in [4.69, 9.17) is 4.52 Å². The molecule has 0 spiro atoms. The maximum atomic E-state index is 12.9. The quantitative estimate of drug-likeness (QED) is 0.481. The van der Waals surface area contributed by atoms with Gasteiger partial charge in [-0.2, -0.15) is 4.98 Å². The van der Waals surface area contributed by atoms with Crippen molar-refractivity contribution in [2.24, 2.45) is 0 Å². The predicted molar refractivity (Wildman–Crippen MR) is 119 cm³/mol. The van der Waals surface area contributed by atoms with Crippen molar-refractivity contribution < 1.29 is 9.32 Å². The van der Waals surface area contributed by atoms with Crippen molar-refractivity contribution >= 4 is 11.6 Å². The van der Waals surface area contributed by atoms with Crippen LogP contribution >= 0.6 is 0 Å². The molecule has 3 heterocycles. The molecule has 2 aromatic heterocycles. The van der Waals surface area contributed by atoms with E-state index in [0.717, 1.165) is 17.7 Å². The molecule has 1 aliphatic heterocycles. The topological polar surface area (TPSA) is 93.2 Å². The minimum Gasteiger partial charge on any atom is -0.378 e. The number of carbonyl (C=O) groups is 1. The molecule has 9 heteroatoms. The van der Waals surface area contributed by atoms with Crippen molar-refractivity contribution in [1.82, 2.24) is 30.0 Å². The normalized spacial score (nSPS) is 15.8. The standard InChI is InChI=1S/C23H23N7O2/c1-28(2)18-10-8-17(9-11-18)23(31)29-13-12-19(14-29)30-15-20(25-27-30)22-24-21(26-32-22)16-6-4-3-5-7-16/h3-11,15,19H,12-14H2,1-2H3/t19-/m0/s1. The highest BCUT2D eigenvalue weighted by molar-refractivity contribution is 5.94. The van der Waals surface area contributed by atoms with Crippen LogP contribution in [0.25, 0.3) is 23.0 Å². The largest absolute Gasteiger partial charge is 0.378 e. The zero-order chi connectivity index (χ0) is 22.1. The van der Waals surface area contributed by atoms with Crippen LogP contribution in [-0.4, -0.2) is 63.1 Å². The summed E-state index contributed by atoms with van der Waals surface area (Å²) in [6.07, 6.45) is 2.61. The molecule has 0 saturated carbocycles. The van der Waals surface area contributed by atoms with E-state index in [0.29, 0.717) is 36.1 Å². The van der Waals surface area contributed by atoms with Gasteiger partial charge in [-0.15, -0.1) is 5.10 Å². The zero-order valence-corrected chi connectivity index (χ0v) is 17.9. The molecule has 0 aliphatic carbocycles. The number of amides is 1. The van der Waals surface area contributed by atoms with Crippen LogP contribution in [0, 0.1) is 0 Å². The van der Waals surface area contributed by atoms with E-state index >= 15 is 0 Å². The van der Waals surface area contributed by atoms with Crippen LogP contribution in [0.3, 0.4) is 0 Å². The average molecular weight is 429 g/mol. The van der Waals surface area contributed by atoms with Gasteiger partial charge >= 0.3 is 0 Å². The molecular formula is C23H23N7O2. The third-order valence-electron chi connectivity index (χ3n) is 5.64. The maximum Gasteiger partial charge on any atom is 0.280 e.